The van der Waals surface area contributed by atoms with Crippen LogP contribution in [0, 0.1) is 0 Å². The molecule has 0 saturated heterocycles. The molecule has 84 valence electrons. The van der Waals surface area contributed by atoms with Gasteiger partial charge in [0.2, 0.25) is 11.9 Å². The predicted octanol–water partition coefficient (Wildman–Crippen LogP) is -0.144. The zero-order valence-corrected chi connectivity index (χ0v) is 8.83. The molecule has 0 bridgehead atoms. The van der Waals surface area contributed by atoms with E-state index in [2.05, 4.69) is 37.3 Å². The third-order valence-electron chi connectivity index (χ3n) is 1.80. The van der Waals surface area contributed by atoms with Gasteiger partial charge in [0.25, 0.3) is 5.95 Å². The summed E-state index contributed by atoms with van der Waals surface area (Å²) in [5, 5.41) is 6.95. The molecule has 8 nitrogen and oxygen atoms in total. The predicted molar refractivity (Wildman–Crippen MR) is 57.9 cm³/mol. The maximum Gasteiger partial charge on any atom is 0.258 e. The molecule has 0 aromatic carbocycles. The molecule has 0 unspecified atom stereocenters. The van der Waals surface area contributed by atoms with E-state index in [1.807, 2.05) is 0 Å². The van der Waals surface area contributed by atoms with Crippen LogP contribution in [0.1, 0.15) is 13.3 Å². The Morgan fingerprint density at radius 1 is 1.38 bits per heavy atom. The van der Waals surface area contributed by atoms with Gasteiger partial charge in [0.1, 0.15) is 12.7 Å². The fourth-order valence-electron chi connectivity index (χ4n) is 1.11. The monoisotopic (exact) mass is 220 g/mol. The van der Waals surface area contributed by atoms with E-state index in [9.17, 15) is 0 Å². The van der Waals surface area contributed by atoms with Crippen LogP contribution >= 0.6 is 0 Å². The number of hydrogen-bond acceptors (Lipinski definition) is 7. The Balaban J connectivity index is 2.29. The molecule has 0 atom stereocenters. The van der Waals surface area contributed by atoms with Crippen molar-refractivity contribution in [1.82, 2.24) is 29.7 Å². The SMILES string of the molecule is CCCNc1nc(N)nc(-n2cncn2)n1. The van der Waals surface area contributed by atoms with E-state index < -0.39 is 0 Å². The number of aromatic nitrogens is 6. The Bertz CT molecular complexity index is 451. The minimum Gasteiger partial charge on any atom is -0.368 e. The van der Waals surface area contributed by atoms with Gasteiger partial charge in [-0.1, -0.05) is 6.92 Å². The second-order valence-electron chi connectivity index (χ2n) is 3.08. The van der Waals surface area contributed by atoms with Crippen molar-refractivity contribution in [3.8, 4) is 5.95 Å². The average molecular weight is 220 g/mol. The number of nitrogens with two attached hydrogens (primary N) is 1. The van der Waals surface area contributed by atoms with Gasteiger partial charge in [-0.05, 0) is 6.42 Å². The number of anilines is 2. The minimum absolute atomic E-state index is 0.152. The molecular formula is C8H12N8. The van der Waals surface area contributed by atoms with Crippen LogP contribution in [0.5, 0.6) is 0 Å². The van der Waals surface area contributed by atoms with E-state index >= 15 is 0 Å². The number of nitrogen functional groups attached to an aromatic ring is 1. The van der Waals surface area contributed by atoms with Gasteiger partial charge >= 0.3 is 0 Å². The number of rotatable bonds is 4. The topological polar surface area (TPSA) is 107 Å². The first kappa shape index (κ1) is 10.3. The van der Waals surface area contributed by atoms with Crippen LogP contribution in [-0.4, -0.2) is 36.3 Å². The standard InChI is InChI=1S/C8H12N8/c1-2-3-11-7-13-6(9)14-8(15-7)16-5-10-4-12-16/h4-5H,2-3H2,1H3,(H3,9,11,13,14,15). The van der Waals surface area contributed by atoms with Crippen LogP contribution in [0.15, 0.2) is 12.7 Å². The maximum atomic E-state index is 5.57. The fraction of sp³-hybridized carbons (Fsp3) is 0.375. The summed E-state index contributed by atoms with van der Waals surface area (Å²) < 4.78 is 1.43. The summed E-state index contributed by atoms with van der Waals surface area (Å²) in [6, 6.07) is 0. The summed E-state index contributed by atoms with van der Waals surface area (Å²) in [7, 11) is 0. The molecular weight excluding hydrogens is 208 g/mol. The molecule has 0 fully saturated rings. The van der Waals surface area contributed by atoms with E-state index in [1.165, 1.54) is 17.3 Å². The van der Waals surface area contributed by atoms with Crippen LogP contribution in [0.4, 0.5) is 11.9 Å². The van der Waals surface area contributed by atoms with Crippen molar-refractivity contribution in [1.29, 1.82) is 0 Å². The summed E-state index contributed by atoms with van der Waals surface area (Å²) in [5.74, 6) is 0.947. The number of nitrogens with zero attached hydrogens (tertiary/aromatic N) is 6. The maximum absolute atomic E-state index is 5.57. The Labute approximate surface area is 92.0 Å². The average Bonchev–Trinajstić information content (AvgIpc) is 2.79. The van der Waals surface area contributed by atoms with E-state index in [-0.39, 0.29) is 5.95 Å². The van der Waals surface area contributed by atoms with Crippen LogP contribution in [-0.2, 0) is 0 Å². The number of hydrogen-bond donors (Lipinski definition) is 2. The Morgan fingerprint density at radius 3 is 2.94 bits per heavy atom. The lowest BCUT2D eigenvalue weighted by molar-refractivity contribution is 0.795. The first-order chi connectivity index (χ1) is 7.79. The van der Waals surface area contributed by atoms with Gasteiger partial charge in [0, 0.05) is 6.54 Å². The third-order valence-corrected chi connectivity index (χ3v) is 1.80. The molecule has 0 spiro atoms. The smallest absolute Gasteiger partial charge is 0.258 e. The van der Waals surface area contributed by atoms with Crippen molar-refractivity contribution < 1.29 is 0 Å². The molecule has 3 N–H and O–H groups in total. The zero-order chi connectivity index (χ0) is 11.4. The van der Waals surface area contributed by atoms with E-state index in [0.29, 0.717) is 11.9 Å². The highest BCUT2D eigenvalue weighted by atomic mass is 15.4. The van der Waals surface area contributed by atoms with E-state index in [1.54, 1.807) is 0 Å². The van der Waals surface area contributed by atoms with Crippen molar-refractivity contribution >= 4 is 11.9 Å². The van der Waals surface area contributed by atoms with Gasteiger partial charge < -0.3 is 11.1 Å². The summed E-state index contributed by atoms with van der Waals surface area (Å²) in [4.78, 5) is 15.9. The van der Waals surface area contributed by atoms with Gasteiger partial charge in [0.05, 0.1) is 0 Å². The van der Waals surface area contributed by atoms with Crippen molar-refractivity contribution in [3.63, 3.8) is 0 Å². The molecule has 16 heavy (non-hydrogen) atoms. The zero-order valence-electron chi connectivity index (χ0n) is 8.83. The van der Waals surface area contributed by atoms with Crippen molar-refractivity contribution in [3.05, 3.63) is 12.7 Å². The van der Waals surface area contributed by atoms with E-state index in [4.69, 9.17) is 5.73 Å². The third kappa shape index (κ3) is 2.22. The number of nitrogens with one attached hydrogen (secondary N) is 1. The van der Waals surface area contributed by atoms with Crippen molar-refractivity contribution in [2.24, 2.45) is 0 Å². The normalized spacial score (nSPS) is 10.3. The molecule has 0 saturated carbocycles. The van der Waals surface area contributed by atoms with Gasteiger partial charge in [-0.25, -0.2) is 4.98 Å². The van der Waals surface area contributed by atoms with Crippen molar-refractivity contribution in [2.75, 3.05) is 17.6 Å². The fourth-order valence-corrected chi connectivity index (χ4v) is 1.11. The van der Waals surface area contributed by atoms with Gasteiger partial charge in [-0.2, -0.15) is 24.7 Å². The summed E-state index contributed by atoms with van der Waals surface area (Å²) in [6.07, 6.45) is 3.88. The van der Waals surface area contributed by atoms with Crippen LogP contribution in [0.3, 0.4) is 0 Å². The molecule has 2 aromatic heterocycles. The molecule has 0 radical (unpaired) electrons. The largest absolute Gasteiger partial charge is 0.368 e. The molecule has 0 aliphatic heterocycles. The second-order valence-corrected chi connectivity index (χ2v) is 3.08. The Morgan fingerprint density at radius 2 is 2.25 bits per heavy atom. The second kappa shape index (κ2) is 4.51. The lowest BCUT2D eigenvalue weighted by Gasteiger charge is -2.05. The molecule has 0 amide bonds. The molecule has 0 aliphatic rings. The molecule has 0 aliphatic carbocycles. The minimum atomic E-state index is 0.152. The van der Waals surface area contributed by atoms with Crippen LogP contribution in [0.2, 0.25) is 0 Å². The highest BCUT2D eigenvalue weighted by molar-refractivity contribution is 5.34. The first-order valence-electron chi connectivity index (χ1n) is 4.90. The Hall–Kier alpha value is -2.25. The highest BCUT2D eigenvalue weighted by Crippen LogP contribution is 2.05. The highest BCUT2D eigenvalue weighted by Gasteiger charge is 2.05. The van der Waals surface area contributed by atoms with Crippen molar-refractivity contribution in [2.45, 2.75) is 13.3 Å². The lowest BCUT2D eigenvalue weighted by atomic mass is 10.5. The molecule has 8 heteroatoms. The van der Waals surface area contributed by atoms with Gasteiger partial charge in [0.15, 0.2) is 0 Å². The van der Waals surface area contributed by atoms with Crippen LogP contribution < -0.4 is 11.1 Å². The van der Waals surface area contributed by atoms with E-state index in [0.717, 1.165) is 13.0 Å². The summed E-state index contributed by atoms with van der Waals surface area (Å²) >= 11 is 0. The lowest BCUT2D eigenvalue weighted by Crippen LogP contribution is -2.11. The molecule has 2 heterocycles. The Kier molecular flexibility index (Phi) is 2.90. The first-order valence-corrected chi connectivity index (χ1v) is 4.90. The van der Waals surface area contributed by atoms with Crippen LogP contribution in [0.25, 0.3) is 5.95 Å². The molecule has 2 aromatic rings. The van der Waals surface area contributed by atoms with Gasteiger partial charge in [-0.3, -0.25) is 0 Å². The quantitative estimate of drug-likeness (QED) is 0.738. The van der Waals surface area contributed by atoms with Gasteiger partial charge in [-0.15, -0.1) is 0 Å². The summed E-state index contributed by atoms with van der Waals surface area (Å²) in [5.41, 5.74) is 5.57. The summed E-state index contributed by atoms with van der Waals surface area (Å²) in [6.45, 7) is 2.83. The molecule has 2 rings (SSSR count).